The van der Waals surface area contributed by atoms with E-state index in [2.05, 4.69) is 12.1 Å². The summed E-state index contributed by atoms with van der Waals surface area (Å²) in [5.41, 5.74) is 2.82. The van der Waals surface area contributed by atoms with Crippen LogP contribution in [0.25, 0.3) is 0 Å². The van der Waals surface area contributed by atoms with Crippen molar-refractivity contribution in [2.24, 2.45) is 0 Å². The summed E-state index contributed by atoms with van der Waals surface area (Å²) < 4.78 is 5.30. The predicted octanol–water partition coefficient (Wildman–Crippen LogP) is 2.81. The highest BCUT2D eigenvalue weighted by atomic mass is 16.5. The quantitative estimate of drug-likeness (QED) is 0.806. The van der Waals surface area contributed by atoms with Gasteiger partial charge in [-0.3, -0.25) is 0 Å². The third-order valence-corrected chi connectivity index (χ3v) is 4.67. The van der Waals surface area contributed by atoms with Crippen LogP contribution in [0.5, 0.6) is 5.75 Å². The van der Waals surface area contributed by atoms with Gasteiger partial charge in [0, 0.05) is 5.41 Å². The number of aliphatic hydroxyl groups excluding tert-OH is 1. The van der Waals surface area contributed by atoms with Gasteiger partial charge in [-0.05, 0) is 48.9 Å². The van der Waals surface area contributed by atoms with Gasteiger partial charge in [0.15, 0.2) is 0 Å². The zero-order valence-electron chi connectivity index (χ0n) is 10.4. The number of aliphatic hydroxyl groups is 1. The lowest BCUT2D eigenvalue weighted by molar-refractivity contribution is 0.0660. The highest BCUT2D eigenvalue weighted by Gasteiger charge is 2.45. The van der Waals surface area contributed by atoms with Crippen molar-refractivity contribution in [1.29, 1.82) is 0 Å². The molecule has 0 aromatic heterocycles. The second-order valence-electron chi connectivity index (χ2n) is 5.44. The van der Waals surface area contributed by atoms with E-state index < -0.39 is 0 Å². The Labute approximate surface area is 103 Å². The van der Waals surface area contributed by atoms with Crippen molar-refractivity contribution in [2.75, 3.05) is 7.11 Å². The topological polar surface area (TPSA) is 29.5 Å². The number of aryl methyl sites for hydroxylation is 1. The van der Waals surface area contributed by atoms with Crippen molar-refractivity contribution in [2.45, 2.75) is 50.0 Å². The van der Waals surface area contributed by atoms with Crippen LogP contribution in [0.2, 0.25) is 0 Å². The minimum absolute atomic E-state index is 0.0554. The molecule has 2 nitrogen and oxygen atoms in total. The second kappa shape index (κ2) is 4.02. The molecule has 1 aromatic carbocycles. The summed E-state index contributed by atoms with van der Waals surface area (Å²) in [6.07, 6.45) is 6.53. The van der Waals surface area contributed by atoms with Crippen molar-refractivity contribution in [3.8, 4) is 5.75 Å². The highest BCUT2D eigenvalue weighted by molar-refractivity contribution is 5.43. The summed E-state index contributed by atoms with van der Waals surface area (Å²) in [4.78, 5) is 0. The third-order valence-electron chi connectivity index (χ3n) is 4.67. The maximum absolute atomic E-state index is 10.4. The van der Waals surface area contributed by atoms with Crippen LogP contribution in [0, 0.1) is 0 Å². The first-order valence-corrected chi connectivity index (χ1v) is 6.62. The summed E-state index contributed by atoms with van der Waals surface area (Å²) in [7, 11) is 1.71. The first-order valence-electron chi connectivity index (χ1n) is 6.62. The van der Waals surface area contributed by atoms with Gasteiger partial charge in [-0.1, -0.05) is 18.9 Å². The van der Waals surface area contributed by atoms with Gasteiger partial charge < -0.3 is 9.84 Å². The molecule has 3 rings (SSSR count). The first-order chi connectivity index (χ1) is 8.26. The molecule has 1 atom stereocenters. The minimum atomic E-state index is -0.147. The molecule has 1 fully saturated rings. The van der Waals surface area contributed by atoms with E-state index in [1.807, 2.05) is 6.07 Å². The lowest BCUT2D eigenvalue weighted by Crippen LogP contribution is -2.41. The number of hydrogen-bond acceptors (Lipinski definition) is 2. The van der Waals surface area contributed by atoms with Crippen LogP contribution >= 0.6 is 0 Å². The molecule has 1 unspecified atom stereocenters. The molecule has 2 aliphatic carbocycles. The molecule has 2 aliphatic rings. The van der Waals surface area contributed by atoms with Gasteiger partial charge in [-0.15, -0.1) is 0 Å². The summed E-state index contributed by atoms with van der Waals surface area (Å²) >= 11 is 0. The van der Waals surface area contributed by atoms with Crippen LogP contribution in [-0.4, -0.2) is 18.3 Å². The molecule has 1 aromatic rings. The number of ether oxygens (including phenoxy) is 1. The van der Waals surface area contributed by atoms with Gasteiger partial charge in [-0.25, -0.2) is 0 Å². The van der Waals surface area contributed by atoms with Crippen LogP contribution in [0.15, 0.2) is 18.2 Å². The zero-order chi connectivity index (χ0) is 11.9. The number of fused-ring (bicyclic) bond motifs is 2. The molecule has 92 valence electrons. The third kappa shape index (κ3) is 1.58. The van der Waals surface area contributed by atoms with Gasteiger partial charge in [0.2, 0.25) is 0 Å². The van der Waals surface area contributed by atoms with Gasteiger partial charge in [0.25, 0.3) is 0 Å². The number of benzene rings is 1. The Morgan fingerprint density at radius 2 is 2.06 bits per heavy atom. The Morgan fingerprint density at radius 3 is 2.76 bits per heavy atom. The molecule has 0 heterocycles. The lowest BCUT2D eigenvalue weighted by Gasteiger charge is -2.40. The smallest absolute Gasteiger partial charge is 0.119 e. The lowest BCUT2D eigenvalue weighted by atomic mass is 9.67. The van der Waals surface area contributed by atoms with Gasteiger partial charge >= 0.3 is 0 Å². The number of hydrogen-bond donors (Lipinski definition) is 1. The van der Waals surface area contributed by atoms with Crippen LogP contribution in [0.3, 0.4) is 0 Å². The average molecular weight is 232 g/mol. The minimum Gasteiger partial charge on any atom is -0.497 e. The van der Waals surface area contributed by atoms with E-state index in [1.54, 1.807) is 7.11 Å². The van der Waals surface area contributed by atoms with E-state index in [1.165, 1.54) is 24.0 Å². The molecule has 0 radical (unpaired) electrons. The Balaban J connectivity index is 2.08. The fourth-order valence-corrected chi connectivity index (χ4v) is 3.75. The average Bonchev–Trinajstić information content (AvgIpc) is 2.84. The van der Waals surface area contributed by atoms with Crippen LogP contribution < -0.4 is 4.74 Å². The van der Waals surface area contributed by atoms with Crippen molar-refractivity contribution in [3.63, 3.8) is 0 Å². The predicted molar refractivity (Wildman–Crippen MR) is 67.5 cm³/mol. The summed E-state index contributed by atoms with van der Waals surface area (Å²) in [5, 5.41) is 10.4. The van der Waals surface area contributed by atoms with Crippen LogP contribution in [0.1, 0.15) is 43.2 Å². The fraction of sp³-hybridized carbons (Fsp3) is 0.600. The fourth-order valence-electron chi connectivity index (χ4n) is 3.75. The largest absolute Gasteiger partial charge is 0.497 e. The molecule has 1 spiro atoms. The maximum atomic E-state index is 10.4. The van der Waals surface area contributed by atoms with E-state index >= 15 is 0 Å². The number of rotatable bonds is 1. The van der Waals surface area contributed by atoms with Gasteiger partial charge in [0.1, 0.15) is 5.75 Å². The molecule has 2 heteroatoms. The standard InChI is InChI=1S/C15H20O2/c1-17-12-5-6-13-11(10-12)4-7-14(16)15(13)8-2-3-9-15/h5-6,10,14,16H,2-4,7-9H2,1H3. The molecule has 0 bridgehead atoms. The highest BCUT2D eigenvalue weighted by Crippen LogP contribution is 2.49. The monoisotopic (exact) mass is 232 g/mol. The Bertz CT molecular complexity index is 419. The van der Waals surface area contributed by atoms with Crippen molar-refractivity contribution < 1.29 is 9.84 Å². The number of methoxy groups -OCH3 is 1. The van der Waals surface area contributed by atoms with Crippen LogP contribution in [0.4, 0.5) is 0 Å². The van der Waals surface area contributed by atoms with E-state index in [0.29, 0.717) is 0 Å². The van der Waals surface area contributed by atoms with Crippen molar-refractivity contribution in [3.05, 3.63) is 29.3 Å². The van der Waals surface area contributed by atoms with E-state index in [0.717, 1.165) is 31.4 Å². The maximum Gasteiger partial charge on any atom is 0.119 e. The van der Waals surface area contributed by atoms with Crippen molar-refractivity contribution in [1.82, 2.24) is 0 Å². The van der Waals surface area contributed by atoms with Crippen molar-refractivity contribution >= 4 is 0 Å². The molecule has 17 heavy (non-hydrogen) atoms. The summed E-state index contributed by atoms with van der Waals surface area (Å²) in [6, 6.07) is 6.38. The van der Waals surface area contributed by atoms with Gasteiger partial charge in [0.05, 0.1) is 13.2 Å². The normalized spacial score (nSPS) is 25.9. The summed E-state index contributed by atoms with van der Waals surface area (Å²) in [5.74, 6) is 0.938. The molecular weight excluding hydrogens is 212 g/mol. The zero-order valence-corrected chi connectivity index (χ0v) is 10.4. The Kier molecular flexibility index (Phi) is 2.62. The van der Waals surface area contributed by atoms with E-state index in [-0.39, 0.29) is 11.5 Å². The Morgan fingerprint density at radius 1 is 1.29 bits per heavy atom. The molecule has 1 N–H and O–H groups in total. The first kappa shape index (κ1) is 11.1. The molecule has 0 saturated heterocycles. The van der Waals surface area contributed by atoms with E-state index in [4.69, 9.17) is 4.74 Å². The van der Waals surface area contributed by atoms with E-state index in [9.17, 15) is 5.11 Å². The second-order valence-corrected chi connectivity index (χ2v) is 5.44. The molecular formula is C15H20O2. The van der Waals surface area contributed by atoms with Gasteiger partial charge in [-0.2, -0.15) is 0 Å². The summed E-state index contributed by atoms with van der Waals surface area (Å²) in [6.45, 7) is 0. The van der Waals surface area contributed by atoms with Crippen LogP contribution in [-0.2, 0) is 11.8 Å². The molecule has 0 amide bonds. The molecule has 1 saturated carbocycles. The SMILES string of the molecule is COc1ccc2c(c1)CCC(O)C21CCCC1. The molecule has 0 aliphatic heterocycles. The Hall–Kier alpha value is -1.02.